The van der Waals surface area contributed by atoms with Crippen LogP contribution in [-0.2, 0) is 9.53 Å². The summed E-state index contributed by atoms with van der Waals surface area (Å²) in [5.41, 5.74) is 4.54. The van der Waals surface area contributed by atoms with E-state index < -0.39 is 18.2 Å². The molecule has 13 heavy (non-hydrogen) atoms. The number of ether oxygens (including phenoxy) is 1. The quantitative estimate of drug-likeness (QED) is 0.657. The molecule has 0 aliphatic carbocycles. The molecule has 1 amide bonds. The Morgan fingerprint density at radius 1 is 1.46 bits per heavy atom. The monoisotopic (exact) mass is 203 g/mol. The van der Waals surface area contributed by atoms with Gasteiger partial charge in [-0.1, -0.05) is 0 Å². The lowest BCUT2D eigenvalue weighted by molar-refractivity contribution is -0.192. The molecule has 0 spiro atoms. The van der Waals surface area contributed by atoms with Crippen molar-refractivity contribution < 1.29 is 32.6 Å². The minimum Gasteiger partial charge on any atom is -0.475 e. The molecule has 0 heterocycles. The molecule has 0 radical (unpaired) electrons. The van der Waals surface area contributed by atoms with Crippen molar-refractivity contribution in [2.24, 2.45) is 5.73 Å². The molecule has 0 aromatic carbocycles. The van der Waals surface area contributed by atoms with Gasteiger partial charge in [0.2, 0.25) is 0 Å². The molecular formula is C5H8F3NO4. The number of aliphatic carboxylic acids is 1. The van der Waals surface area contributed by atoms with E-state index >= 15 is 0 Å². The molecule has 0 aliphatic heterocycles. The SMILES string of the molecule is CCOC(N)=O.O=C(O)C(F)(F)F. The molecule has 0 saturated carbocycles. The first-order valence-electron chi connectivity index (χ1n) is 2.94. The molecule has 8 heteroatoms. The van der Waals surface area contributed by atoms with E-state index in [2.05, 4.69) is 10.5 Å². The van der Waals surface area contributed by atoms with Gasteiger partial charge >= 0.3 is 18.2 Å². The first-order chi connectivity index (χ1) is 5.71. The average Bonchev–Trinajstić information content (AvgIpc) is 1.85. The molecule has 78 valence electrons. The molecule has 0 rings (SSSR count). The molecule has 3 N–H and O–H groups in total. The predicted octanol–water partition coefficient (Wildman–Crippen LogP) is 0.735. The largest absolute Gasteiger partial charge is 0.490 e. The summed E-state index contributed by atoms with van der Waals surface area (Å²) in [5.74, 6) is -2.76. The minimum atomic E-state index is -5.08. The van der Waals surface area contributed by atoms with Crippen LogP contribution in [0.25, 0.3) is 0 Å². The van der Waals surface area contributed by atoms with Crippen LogP contribution < -0.4 is 5.73 Å². The lowest BCUT2D eigenvalue weighted by Gasteiger charge is -1.93. The Labute approximate surface area is 71.3 Å². The van der Waals surface area contributed by atoms with Gasteiger partial charge in [-0.05, 0) is 6.92 Å². The number of halogens is 3. The minimum absolute atomic E-state index is 0.356. The maximum atomic E-state index is 10.6. The highest BCUT2D eigenvalue weighted by molar-refractivity contribution is 5.73. The number of amides is 1. The number of carbonyl (C=O) groups is 2. The lowest BCUT2D eigenvalue weighted by atomic mass is 10.7. The molecule has 5 nitrogen and oxygen atoms in total. The molecule has 0 aromatic heterocycles. The van der Waals surface area contributed by atoms with Crippen LogP contribution in [0, 0.1) is 0 Å². The van der Waals surface area contributed by atoms with Crippen LogP contribution in [0.5, 0.6) is 0 Å². The van der Waals surface area contributed by atoms with Crippen LogP contribution in [0.15, 0.2) is 0 Å². The van der Waals surface area contributed by atoms with Crippen LogP contribution in [0.2, 0.25) is 0 Å². The summed E-state index contributed by atoms with van der Waals surface area (Å²) in [6.07, 6.45) is -5.79. The summed E-state index contributed by atoms with van der Waals surface area (Å²) in [6.45, 7) is 2.06. The molecular weight excluding hydrogens is 195 g/mol. The van der Waals surface area contributed by atoms with E-state index in [9.17, 15) is 18.0 Å². The second-order valence-corrected chi connectivity index (χ2v) is 1.55. The van der Waals surface area contributed by atoms with E-state index in [4.69, 9.17) is 9.90 Å². The maximum absolute atomic E-state index is 10.6. The summed E-state index contributed by atoms with van der Waals surface area (Å²) in [6, 6.07) is 0. The smallest absolute Gasteiger partial charge is 0.475 e. The molecule has 0 aliphatic rings. The van der Waals surface area contributed by atoms with Gasteiger partial charge in [-0.3, -0.25) is 0 Å². The molecule has 0 aromatic rings. The molecule has 0 unspecified atom stereocenters. The van der Waals surface area contributed by atoms with Crippen molar-refractivity contribution >= 4 is 12.1 Å². The topological polar surface area (TPSA) is 89.6 Å². The van der Waals surface area contributed by atoms with E-state index in [1.165, 1.54) is 0 Å². The van der Waals surface area contributed by atoms with Crippen molar-refractivity contribution in [3.63, 3.8) is 0 Å². The first kappa shape index (κ1) is 14.1. The van der Waals surface area contributed by atoms with Crippen LogP contribution in [0.3, 0.4) is 0 Å². The van der Waals surface area contributed by atoms with Crippen molar-refractivity contribution in [2.75, 3.05) is 6.61 Å². The summed E-state index contributed by atoms with van der Waals surface area (Å²) >= 11 is 0. The Morgan fingerprint density at radius 2 is 1.77 bits per heavy atom. The van der Waals surface area contributed by atoms with Gasteiger partial charge in [-0.25, -0.2) is 9.59 Å². The van der Waals surface area contributed by atoms with Crippen molar-refractivity contribution in [3.05, 3.63) is 0 Å². The van der Waals surface area contributed by atoms with E-state index in [-0.39, 0.29) is 0 Å². The summed E-state index contributed by atoms with van der Waals surface area (Å²) in [7, 11) is 0. The Bertz CT molecular complexity index is 179. The Kier molecular flexibility index (Phi) is 6.60. The zero-order valence-electron chi connectivity index (χ0n) is 6.59. The lowest BCUT2D eigenvalue weighted by Crippen LogP contribution is -2.21. The number of carboxylic acids is 1. The Hall–Kier alpha value is -1.47. The highest BCUT2D eigenvalue weighted by Gasteiger charge is 2.38. The highest BCUT2D eigenvalue weighted by atomic mass is 19.4. The molecule has 0 bridgehead atoms. The third-order valence-corrected chi connectivity index (χ3v) is 0.529. The van der Waals surface area contributed by atoms with Crippen molar-refractivity contribution in [1.82, 2.24) is 0 Å². The second-order valence-electron chi connectivity index (χ2n) is 1.55. The summed E-state index contributed by atoms with van der Waals surface area (Å²) < 4.78 is 35.9. The average molecular weight is 203 g/mol. The summed E-state index contributed by atoms with van der Waals surface area (Å²) in [5, 5.41) is 7.12. The Morgan fingerprint density at radius 3 is 1.77 bits per heavy atom. The number of alkyl halides is 3. The number of nitrogens with two attached hydrogens (primary N) is 1. The third kappa shape index (κ3) is 13.5. The zero-order chi connectivity index (χ0) is 11.1. The standard InChI is InChI=1S/C3H7NO2.C2HF3O2/c1-2-6-3(4)5;3-2(4,5)1(6)7/h2H2,1H3,(H2,4,5);(H,6,7). The van der Waals surface area contributed by atoms with E-state index in [0.29, 0.717) is 6.61 Å². The van der Waals surface area contributed by atoms with Crippen molar-refractivity contribution in [2.45, 2.75) is 13.1 Å². The van der Waals surface area contributed by atoms with Gasteiger partial charge < -0.3 is 15.6 Å². The van der Waals surface area contributed by atoms with E-state index in [1.807, 2.05) is 0 Å². The predicted molar refractivity (Wildman–Crippen MR) is 34.9 cm³/mol. The third-order valence-electron chi connectivity index (χ3n) is 0.529. The van der Waals surface area contributed by atoms with Crippen LogP contribution >= 0.6 is 0 Å². The molecule has 0 atom stereocenters. The molecule has 0 fully saturated rings. The van der Waals surface area contributed by atoms with Crippen LogP contribution in [-0.4, -0.2) is 30.0 Å². The van der Waals surface area contributed by atoms with E-state index in [1.54, 1.807) is 6.92 Å². The molecule has 0 saturated heterocycles. The second kappa shape index (κ2) is 6.09. The fraction of sp³-hybridized carbons (Fsp3) is 0.600. The maximum Gasteiger partial charge on any atom is 0.490 e. The number of hydrogen-bond donors (Lipinski definition) is 2. The van der Waals surface area contributed by atoms with Gasteiger partial charge in [0.1, 0.15) is 0 Å². The fourth-order valence-corrected chi connectivity index (χ4v) is 0.142. The number of primary amides is 1. The van der Waals surface area contributed by atoms with Gasteiger partial charge in [0.25, 0.3) is 0 Å². The summed E-state index contributed by atoms with van der Waals surface area (Å²) in [4.78, 5) is 18.5. The normalized spacial score (nSPS) is 9.54. The van der Waals surface area contributed by atoms with Crippen LogP contribution in [0.1, 0.15) is 6.92 Å². The van der Waals surface area contributed by atoms with Gasteiger partial charge in [0.15, 0.2) is 0 Å². The van der Waals surface area contributed by atoms with Gasteiger partial charge in [-0.2, -0.15) is 13.2 Å². The number of rotatable bonds is 1. The highest BCUT2D eigenvalue weighted by Crippen LogP contribution is 2.13. The number of carboxylic acid groups (broad SMARTS) is 1. The first-order valence-corrected chi connectivity index (χ1v) is 2.94. The van der Waals surface area contributed by atoms with Crippen LogP contribution in [0.4, 0.5) is 18.0 Å². The zero-order valence-corrected chi connectivity index (χ0v) is 6.59. The van der Waals surface area contributed by atoms with Gasteiger partial charge in [0, 0.05) is 0 Å². The van der Waals surface area contributed by atoms with Gasteiger partial charge in [-0.15, -0.1) is 0 Å². The van der Waals surface area contributed by atoms with Crippen molar-refractivity contribution in [3.8, 4) is 0 Å². The van der Waals surface area contributed by atoms with Gasteiger partial charge in [0.05, 0.1) is 6.61 Å². The van der Waals surface area contributed by atoms with E-state index in [0.717, 1.165) is 0 Å². The number of hydrogen-bond acceptors (Lipinski definition) is 3. The Balaban J connectivity index is 0. The van der Waals surface area contributed by atoms with Crippen molar-refractivity contribution in [1.29, 1.82) is 0 Å². The fourth-order valence-electron chi connectivity index (χ4n) is 0.142. The number of carbonyl (C=O) groups excluding carboxylic acids is 1.